The molecule has 0 atom stereocenters. The molecule has 17 heavy (non-hydrogen) atoms. The van der Waals surface area contributed by atoms with Gasteiger partial charge in [0, 0.05) is 9.52 Å². The van der Waals surface area contributed by atoms with Crippen molar-refractivity contribution in [3.63, 3.8) is 0 Å². The van der Waals surface area contributed by atoms with Crippen LogP contribution in [0.4, 0.5) is 0 Å². The Morgan fingerprint density at radius 2 is 1.71 bits per heavy atom. The van der Waals surface area contributed by atoms with E-state index in [1.165, 1.54) is 16.8 Å². The molecule has 0 amide bonds. The van der Waals surface area contributed by atoms with Gasteiger partial charge in [0.25, 0.3) is 0 Å². The van der Waals surface area contributed by atoms with Crippen molar-refractivity contribution >= 4 is 14.7 Å². The maximum absolute atomic E-state index is 2.30. The molecule has 2 aromatic carbocycles. The Morgan fingerprint density at radius 3 is 2.12 bits per heavy atom. The molecule has 2 aromatic rings. The third kappa shape index (κ3) is 8.93. The normalized spacial score (nSPS) is 8.59. The summed E-state index contributed by atoms with van der Waals surface area (Å²) in [6, 6.07) is 19.8. The van der Waals surface area contributed by atoms with E-state index in [1.54, 1.807) is 0 Å². The summed E-state index contributed by atoms with van der Waals surface area (Å²) >= 11 is 0. The van der Waals surface area contributed by atoms with Crippen LogP contribution >= 0.6 is 0 Å². The fourth-order valence-corrected chi connectivity index (χ4v) is 2.36. The zero-order valence-corrected chi connectivity index (χ0v) is 12.4. The Morgan fingerprint density at radius 1 is 1.12 bits per heavy atom. The van der Waals surface area contributed by atoms with E-state index in [2.05, 4.69) is 44.2 Å². The van der Waals surface area contributed by atoms with E-state index in [-0.39, 0.29) is 17.1 Å². The topological polar surface area (TPSA) is 0 Å². The maximum Gasteiger partial charge on any atom is 2.00 e. The predicted octanol–water partition coefficient (Wildman–Crippen LogP) is 3.52. The van der Waals surface area contributed by atoms with Crippen LogP contribution in [-0.2, 0) is 17.1 Å². The molecule has 0 aliphatic carbocycles. The number of allylic oxidation sites excluding steroid dienone is 2. The Bertz CT molecular complexity index is 350. The van der Waals surface area contributed by atoms with Crippen LogP contribution in [0.1, 0.15) is 13.8 Å². The zero-order chi connectivity index (χ0) is 11.6. The van der Waals surface area contributed by atoms with Gasteiger partial charge in [-0.25, -0.2) is 24.3 Å². The number of hydrogen-bond acceptors (Lipinski definition) is 0. The summed E-state index contributed by atoms with van der Waals surface area (Å²) < 4.78 is 0. The summed E-state index contributed by atoms with van der Waals surface area (Å²) in [5, 5.41) is 1.47. The molecule has 0 spiro atoms. The van der Waals surface area contributed by atoms with Gasteiger partial charge in [-0.15, -0.1) is 0 Å². The van der Waals surface area contributed by atoms with Gasteiger partial charge in [-0.2, -0.15) is 35.5 Å². The summed E-state index contributed by atoms with van der Waals surface area (Å²) in [5.41, 5.74) is 1.42. The molecule has 2 radical (unpaired) electrons. The van der Waals surface area contributed by atoms with Gasteiger partial charge in [-0.05, 0) is 13.8 Å². The summed E-state index contributed by atoms with van der Waals surface area (Å²) in [4.78, 5) is 0. The second kappa shape index (κ2) is 10.3. The van der Waals surface area contributed by atoms with E-state index in [0.717, 1.165) is 9.52 Å². The standard InChI is InChI=1S/C10H13Si.C5H5.Fe/c1-9(2)7-8-11-10-5-3-4-6-10;1-2-4-5-3-1;/h3-7H,8H2,1-2H3;1-5H;/q2*-1;+2. The van der Waals surface area contributed by atoms with Gasteiger partial charge in [-0.1, -0.05) is 17.7 Å². The molecule has 0 aromatic heterocycles. The fourth-order valence-electron chi connectivity index (χ4n) is 1.19. The van der Waals surface area contributed by atoms with Crippen molar-refractivity contribution in [1.82, 2.24) is 0 Å². The second-order valence-electron chi connectivity index (χ2n) is 3.80. The van der Waals surface area contributed by atoms with E-state index < -0.39 is 0 Å². The Hall–Kier alpha value is -0.824. The van der Waals surface area contributed by atoms with Crippen molar-refractivity contribution < 1.29 is 17.1 Å². The van der Waals surface area contributed by atoms with Crippen molar-refractivity contribution in [2.45, 2.75) is 19.9 Å². The molecule has 0 unspecified atom stereocenters. The fraction of sp³-hybridized carbons (Fsp3) is 0.200. The molecule has 0 heterocycles. The first-order valence-electron chi connectivity index (χ1n) is 5.54. The average molecular weight is 282 g/mol. The molecule has 0 bridgehead atoms. The van der Waals surface area contributed by atoms with Crippen molar-refractivity contribution in [2.75, 3.05) is 0 Å². The largest absolute Gasteiger partial charge is 2.00 e. The number of hydrogen-bond donors (Lipinski definition) is 0. The first kappa shape index (κ1) is 16.2. The summed E-state index contributed by atoms with van der Waals surface area (Å²) in [7, 11) is 0.945. The molecule has 0 N–H and O–H groups in total. The molecule has 0 aliphatic rings. The Balaban J connectivity index is 0.000000360. The van der Waals surface area contributed by atoms with Gasteiger partial charge in [0.15, 0.2) is 0 Å². The molecular weight excluding hydrogens is 264 g/mol. The van der Waals surface area contributed by atoms with Gasteiger partial charge in [0.05, 0.1) is 0 Å². The zero-order valence-electron chi connectivity index (χ0n) is 10.3. The van der Waals surface area contributed by atoms with Crippen molar-refractivity contribution in [3.05, 3.63) is 66.2 Å². The minimum Gasteiger partial charge on any atom is -0.214 e. The molecule has 0 aliphatic heterocycles. The van der Waals surface area contributed by atoms with E-state index in [9.17, 15) is 0 Å². The van der Waals surface area contributed by atoms with Gasteiger partial charge < -0.3 is 0 Å². The Kier molecular flexibility index (Phi) is 9.84. The van der Waals surface area contributed by atoms with Gasteiger partial charge >= 0.3 is 17.1 Å². The molecule has 2 heteroatoms. The predicted molar refractivity (Wildman–Crippen MR) is 73.7 cm³/mol. The van der Waals surface area contributed by atoms with Crippen LogP contribution in [-0.4, -0.2) is 9.52 Å². The Labute approximate surface area is 118 Å². The van der Waals surface area contributed by atoms with Gasteiger partial charge in [0.2, 0.25) is 0 Å². The third-order valence-corrected chi connectivity index (χ3v) is 3.18. The van der Waals surface area contributed by atoms with Crippen molar-refractivity contribution in [3.8, 4) is 0 Å². The van der Waals surface area contributed by atoms with E-state index in [0.29, 0.717) is 0 Å². The SMILES string of the molecule is CC(C)=CC[Si][c-]1cccc1.[Fe+2].c1cc[cH-]c1. The van der Waals surface area contributed by atoms with Crippen molar-refractivity contribution in [2.24, 2.45) is 0 Å². The molecule has 0 nitrogen and oxygen atoms in total. The van der Waals surface area contributed by atoms with Crippen LogP contribution in [0.2, 0.25) is 6.04 Å². The van der Waals surface area contributed by atoms with Crippen LogP contribution < -0.4 is 5.19 Å². The monoisotopic (exact) mass is 282 g/mol. The maximum atomic E-state index is 2.30. The van der Waals surface area contributed by atoms with E-state index >= 15 is 0 Å². The van der Waals surface area contributed by atoms with Crippen LogP contribution in [0.3, 0.4) is 0 Å². The molecule has 0 saturated heterocycles. The molecular formula is C15H18FeSi. The van der Waals surface area contributed by atoms with Gasteiger partial charge in [0.1, 0.15) is 0 Å². The van der Waals surface area contributed by atoms with Crippen molar-refractivity contribution in [1.29, 1.82) is 0 Å². The smallest absolute Gasteiger partial charge is 0.214 e. The average Bonchev–Trinajstić information content (AvgIpc) is 2.93. The minimum atomic E-state index is 0. The molecule has 90 valence electrons. The third-order valence-electron chi connectivity index (χ3n) is 2.03. The van der Waals surface area contributed by atoms with Crippen LogP contribution in [0.15, 0.2) is 66.2 Å². The molecule has 0 fully saturated rings. The van der Waals surface area contributed by atoms with Crippen LogP contribution in [0.5, 0.6) is 0 Å². The first-order chi connectivity index (χ1) is 7.79. The number of rotatable bonds is 3. The first-order valence-corrected chi connectivity index (χ1v) is 6.75. The van der Waals surface area contributed by atoms with E-state index in [1.807, 2.05) is 30.3 Å². The van der Waals surface area contributed by atoms with Crippen LogP contribution in [0, 0.1) is 0 Å². The van der Waals surface area contributed by atoms with E-state index in [4.69, 9.17) is 0 Å². The summed E-state index contributed by atoms with van der Waals surface area (Å²) in [5.74, 6) is 0. The molecule has 2 rings (SSSR count). The summed E-state index contributed by atoms with van der Waals surface area (Å²) in [6.45, 7) is 4.30. The minimum absolute atomic E-state index is 0. The second-order valence-corrected chi connectivity index (χ2v) is 5.14. The quantitative estimate of drug-likeness (QED) is 0.459. The molecule has 0 saturated carbocycles. The van der Waals surface area contributed by atoms with Crippen LogP contribution in [0.25, 0.3) is 0 Å². The van der Waals surface area contributed by atoms with Gasteiger partial charge in [-0.3, -0.25) is 0 Å². The summed E-state index contributed by atoms with van der Waals surface area (Å²) in [6.07, 6.45) is 2.30.